The minimum atomic E-state index is -0.688. The molecule has 2 amide bonds. The van der Waals surface area contributed by atoms with Crippen LogP contribution in [0.3, 0.4) is 0 Å². The highest BCUT2D eigenvalue weighted by atomic mass is 16.3. The highest BCUT2D eigenvalue weighted by Gasteiger charge is 2.09. The molecule has 0 aromatic rings. The number of amides is 2. The van der Waals surface area contributed by atoms with Crippen molar-refractivity contribution in [3.63, 3.8) is 0 Å². The fourth-order valence-corrected chi connectivity index (χ4v) is 8.73. The van der Waals surface area contributed by atoms with E-state index < -0.39 is 6.10 Å². The molecular formula is C57H128N8O7. The van der Waals surface area contributed by atoms with Gasteiger partial charge < -0.3 is 69.2 Å². The zero-order valence-corrected chi connectivity index (χ0v) is 48.0. The molecule has 0 fully saturated rings. The molecule has 0 aromatic carbocycles. The van der Waals surface area contributed by atoms with Gasteiger partial charge in [0.2, 0.25) is 11.8 Å². The Bertz CT molecular complexity index is 970. The molecule has 0 heterocycles. The van der Waals surface area contributed by atoms with Gasteiger partial charge in [-0.2, -0.15) is 0 Å². The fourth-order valence-electron chi connectivity index (χ4n) is 8.73. The van der Waals surface area contributed by atoms with Crippen molar-refractivity contribution < 1.29 is 36.2 Å². The van der Waals surface area contributed by atoms with Gasteiger partial charge in [0.1, 0.15) is 0 Å². The lowest BCUT2D eigenvalue weighted by Crippen LogP contribution is -2.32. The number of carbonyl (C=O) groups is 2. The van der Waals surface area contributed by atoms with Gasteiger partial charge in [-0.25, -0.2) is 0 Å². The minimum Gasteiger partial charge on any atom is -0.412 e. The predicted octanol–water partition coefficient (Wildman–Crippen LogP) is 7.58. The van der Waals surface area contributed by atoms with Crippen LogP contribution in [0.4, 0.5) is 0 Å². The molecule has 15 heteroatoms. The van der Waals surface area contributed by atoms with Gasteiger partial charge in [0, 0.05) is 26.4 Å². The maximum absolute atomic E-state index is 11.7. The van der Waals surface area contributed by atoms with Crippen LogP contribution in [0.25, 0.3) is 0 Å². The first-order chi connectivity index (χ1) is 33.9. The summed E-state index contributed by atoms with van der Waals surface area (Å²) >= 11 is 0. The topological polar surface area (TPSA) is 265 Å². The largest absolute Gasteiger partial charge is 0.412 e. The maximum atomic E-state index is 11.7. The lowest BCUT2D eigenvalue weighted by atomic mass is 10.00. The van der Waals surface area contributed by atoms with Gasteiger partial charge in [0.15, 0.2) is 0 Å². The Morgan fingerprint density at radius 2 is 0.722 bits per heavy atom. The molecular weight excluding hydrogens is 909 g/mol. The molecule has 0 spiro atoms. The molecule has 438 valence electrons. The summed E-state index contributed by atoms with van der Waals surface area (Å²) in [7, 11) is 4.02. The molecule has 0 saturated carbocycles. The van der Waals surface area contributed by atoms with Crippen molar-refractivity contribution in [1.82, 2.24) is 42.5 Å². The van der Waals surface area contributed by atoms with E-state index in [1.54, 1.807) is 6.92 Å². The first kappa shape index (κ1) is 79.4. The van der Waals surface area contributed by atoms with Crippen LogP contribution >= 0.6 is 0 Å². The Hall–Kier alpha value is -1.50. The Kier molecular flexibility index (Phi) is 78.9. The van der Waals surface area contributed by atoms with Gasteiger partial charge in [-0.1, -0.05) is 161 Å². The summed E-state index contributed by atoms with van der Waals surface area (Å²) in [4.78, 5) is 22.6. The van der Waals surface area contributed by atoms with E-state index >= 15 is 0 Å². The van der Waals surface area contributed by atoms with Gasteiger partial charge in [-0.05, 0) is 156 Å². The predicted molar refractivity (Wildman–Crippen MR) is 310 cm³/mol. The molecule has 72 heavy (non-hydrogen) atoms. The lowest BCUT2D eigenvalue weighted by molar-refractivity contribution is -0.121. The van der Waals surface area contributed by atoms with E-state index in [0.29, 0.717) is 25.2 Å². The van der Waals surface area contributed by atoms with Crippen molar-refractivity contribution in [1.29, 1.82) is 0 Å². The molecule has 0 saturated heterocycles. The van der Waals surface area contributed by atoms with E-state index in [1.165, 1.54) is 199 Å². The first-order valence-electron chi connectivity index (χ1n) is 29.8. The summed E-state index contributed by atoms with van der Waals surface area (Å²) in [5, 5.41) is 44.7. The van der Waals surface area contributed by atoms with Gasteiger partial charge in [0.25, 0.3) is 0 Å². The summed E-state index contributed by atoms with van der Waals surface area (Å²) in [6.45, 7) is 16.3. The summed E-state index contributed by atoms with van der Waals surface area (Å²) in [6, 6.07) is 0. The van der Waals surface area contributed by atoms with Crippen LogP contribution in [0.1, 0.15) is 245 Å². The van der Waals surface area contributed by atoms with Crippen molar-refractivity contribution in [3.05, 3.63) is 0 Å². The standard InChI is InChI=1S/C30H61NO3.C27H61N7O.3H2O/c1-2-3-4-5-6-7-8-9-10-11-12-13-14-15-16-17-18-19-20-21-22-23-27-31-30(34)26-24-25-29(33)28-32;1-26(35)34-23-7-5-4-6-14-27(24-32-19-10-8-17-30-21-12-15-28-2)25-33-20-11-9-18-31-22-13-16-29-3;;;/h29,32-33H,2-28H2,1H3,(H,31,34);27-33H,4-25H2,1-3H3,(H,34,35);3*1H2/t29-;;;;/m0..../s1. The van der Waals surface area contributed by atoms with E-state index in [0.717, 1.165) is 91.4 Å². The van der Waals surface area contributed by atoms with Crippen molar-refractivity contribution in [2.45, 2.75) is 251 Å². The second kappa shape index (κ2) is 71.6. The minimum absolute atomic E-state index is 0. The molecule has 0 radical (unpaired) electrons. The Labute approximate surface area is 445 Å². The van der Waals surface area contributed by atoms with E-state index in [-0.39, 0.29) is 34.8 Å². The number of carbonyl (C=O) groups excluding carboxylic acids is 2. The third kappa shape index (κ3) is 72.7. The van der Waals surface area contributed by atoms with Crippen molar-refractivity contribution in [2.24, 2.45) is 5.92 Å². The van der Waals surface area contributed by atoms with Crippen LogP contribution < -0.4 is 42.5 Å². The third-order valence-electron chi connectivity index (χ3n) is 13.3. The maximum Gasteiger partial charge on any atom is 0.219 e. The van der Waals surface area contributed by atoms with Crippen LogP contribution in [0.15, 0.2) is 0 Å². The first-order valence-corrected chi connectivity index (χ1v) is 29.8. The van der Waals surface area contributed by atoms with Gasteiger partial charge in [0.05, 0.1) is 12.7 Å². The van der Waals surface area contributed by atoms with Crippen LogP contribution in [0.5, 0.6) is 0 Å². The van der Waals surface area contributed by atoms with E-state index in [9.17, 15) is 14.7 Å². The molecule has 15 nitrogen and oxygen atoms in total. The molecule has 0 aliphatic heterocycles. The number of aliphatic hydroxyl groups is 2. The molecule has 0 rings (SSSR count). The molecule has 0 unspecified atom stereocenters. The lowest BCUT2D eigenvalue weighted by Gasteiger charge is -2.19. The van der Waals surface area contributed by atoms with E-state index in [2.05, 4.69) is 49.5 Å². The Balaban J connectivity index is -0.000000399. The SMILES string of the molecule is CCCCCCCCCCCCCCCCCCCCCCCCNC(=O)CCC[C@H](O)CO.CNCCCNCCCCNCC(CCCCCCNC(C)=O)CNCCCCNCCCNC.O.O.O. The summed E-state index contributed by atoms with van der Waals surface area (Å²) in [6.07, 6.45) is 44.9. The van der Waals surface area contributed by atoms with Crippen LogP contribution in [0.2, 0.25) is 0 Å². The van der Waals surface area contributed by atoms with E-state index in [1.807, 2.05) is 14.1 Å². The normalized spacial score (nSPS) is 11.3. The number of nitrogens with one attached hydrogen (secondary N) is 8. The summed E-state index contributed by atoms with van der Waals surface area (Å²) < 4.78 is 0. The number of rotatable bonds is 57. The zero-order chi connectivity index (χ0) is 50.6. The van der Waals surface area contributed by atoms with E-state index in [4.69, 9.17) is 5.11 Å². The molecule has 1 atom stereocenters. The third-order valence-corrected chi connectivity index (χ3v) is 13.3. The zero-order valence-electron chi connectivity index (χ0n) is 48.0. The second-order valence-electron chi connectivity index (χ2n) is 20.3. The Morgan fingerprint density at radius 3 is 1.10 bits per heavy atom. The number of unbranched alkanes of at least 4 members (excludes halogenated alkanes) is 26. The monoisotopic (exact) mass is 1040 g/mol. The molecule has 0 aliphatic carbocycles. The highest BCUT2D eigenvalue weighted by Crippen LogP contribution is 2.16. The second-order valence-corrected chi connectivity index (χ2v) is 20.3. The molecule has 16 N–H and O–H groups in total. The van der Waals surface area contributed by atoms with Crippen LogP contribution in [-0.2, 0) is 9.59 Å². The van der Waals surface area contributed by atoms with Crippen LogP contribution in [-0.4, -0.2) is 144 Å². The average molecular weight is 1040 g/mol. The molecule has 0 aromatic heterocycles. The number of aliphatic hydroxyl groups excluding tert-OH is 2. The van der Waals surface area contributed by atoms with Gasteiger partial charge >= 0.3 is 0 Å². The van der Waals surface area contributed by atoms with Crippen molar-refractivity contribution in [2.75, 3.05) is 99.2 Å². The smallest absolute Gasteiger partial charge is 0.219 e. The Morgan fingerprint density at radius 1 is 0.389 bits per heavy atom. The summed E-state index contributed by atoms with van der Waals surface area (Å²) in [5.74, 6) is 0.842. The van der Waals surface area contributed by atoms with Crippen molar-refractivity contribution >= 4 is 11.8 Å². The quantitative estimate of drug-likeness (QED) is 0.0267. The summed E-state index contributed by atoms with van der Waals surface area (Å²) in [5.41, 5.74) is 0. The van der Waals surface area contributed by atoms with Gasteiger partial charge in [-0.3, -0.25) is 9.59 Å². The van der Waals surface area contributed by atoms with Crippen molar-refractivity contribution in [3.8, 4) is 0 Å². The van der Waals surface area contributed by atoms with Crippen LogP contribution in [0, 0.1) is 5.92 Å². The van der Waals surface area contributed by atoms with Gasteiger partial charge in [-0.15, -0.1) is 0 Å². The average Bonchev–Trinajstić information content (AvgIpc) is 3.34. The molecule has 0 aliphatic rings. The highest BCUT2D eigenvalue weighted by molar-refractivity contribution is 5.75. The molecule has 0 bridgehead atoms. The number of hydrogen-bond donors (Lipinski definition) is 10. The number of hydrogen-bond acceptors (Lipinski definition) is 10. The fraction of sp³-hybridized carbons (Fsp3) is 0.965.